The Labute approximate surface area is 98.7 Å². The molecule has 2 aromatic rings. The van der Waals surface area contributed by atoms with Crippen LogP contribution in [0.25, 0.3) is 5.69 Å². The lowest BCUT2D eigenvalue weighted by Gasteiger charge is -2.10. The van der Waals surface area contributed by atoms with Crippen LogP contribution in [0.1, 0.15) is 25.5 Å². The molecule has 0 aliphatic heterocycles. The van der Waals surface area contributed by atoms with E-state index < -0.39 is 0 Å². The molecule has 1 aromatic heterocycles. The number of nitrogens with one attached hydrogen (secondary N) is 1. The van der Waals surface area contributed by atoms with Crippen molar-refractivity contribution in [2.45, 2.75) is 19.8 Å². The largest absolute Gasteiger partial charge is 0.337 e. The van der Waals surface area contributed by atoms with E-state index in [1.54, 1.807) is 6.07 Å². The summed E-state index contributed by atoms with van der Waals surface area (Å²) >= 11 is 5.20. The molecule has 0 aliphatic carbocycles. The Morgan fingerprint density at radius 2 is 2.12 bits per heavy atom. The summed E-state index contributed by atoms with van der Waals surface area (Å²) in [4.78, 5) is 2.99. The minimum absolute atomic E-state index is 0.254. The zero-order valence-electron chi connectivity index (χ0n) is 9.20. The van der Waals surface area contributed by atoms with Gasteiger partial charge >= 0.3 is 0 Å². The molecule has 0 aliphatic rings. The zero-order chi connectivity index (χ0) is 11.7. The number of aromatic amines is 1. The normalized spacial score (nSPS) is 11.0. The van der Waals surface area contributed by atoms with Gasteiger partial charge in [0.05, 0.1) is 5.69 Å². The third-order valence-electron chi connectivity index (χ3n) is 2.46. The average molecular weight is 236 g/mol. The first-order valence-electron chi connectivity index (χ1n) is 5.16. The van der Waals surface area contributed by atoms with E-state index in [0.717, 1.165) is 11.4 Å². The van der Waals surface area contributed by atoms with Crippen molar-refractivity contribution >= 4 is 12.2 Å². The number of nitrogens with zero attached hydrogens (tertiary/aromatic N) is 1. The van der Waals surface area contributed by atoms with Gasteiger partial charge in [0.25, 0.3) is 0 Å². The second-order valence-electron chi connectivity index (χ2n) is 3.99. The van der Waals surface area contributed by atoms with Crippen molar-refractivity contribution in [3.05, 3.63) is 46.7 Å². The van der Waals surface area contributed by atoms with Crippen LogP contribution in [-0.4, -0.2) is 9.55 Å². The van der Waals surface area contributed by atoms with Crippen LogP contribution >= 0.6 is 12.2 Å². The van der Waals surface area contributed by atoms with E-state index in [1.807, 2.05) is 16.8 Å². The molecule has 1 heterocycles. The van der Waals surface area contributed by atoms with E-state index in [2.05, 4.69) is 18.8 Å². The number of hydrogen-bond donors (Lipinski definition) is 1. The smallest absolute Gasteiger partial charge is 0.182 e. The molecule has 4 heteroatoms. The molecule has 0 radical (unpaired) electrons. The Kier molecular flexibility index (Phi) is 2.92. The SMILES string of the molecule is CC(C)c1c[nH]c(=S)n1-c1cccc(F)c1. The number of H-pyrrole nitrogens is 1. The summed E-state index contributed by atoms with van der Waals surface area (Å²) in [6.45, 7) is 4.15. The molecule has 0 spiro atoms. The Balaban J connectivity index is 2.63. The first-order valence-corrected chi connectivity index (χ1v) is 5.56. The van der Waals surface area contributed by atoms with Gasteiger partial charge in [-0.05, 0) is 36.3 Å². The van der Waals surface area contributed by atoms with Crippen LogP contribution < -0.4 is 0 Å². The maximum absolute atomic E-state index is 13.2. The molecule has 84 valence electrons. The van der Waals surface area contributed by atoms with E-state index in [9.17, 15) is 4.39 Å². The van der Waals surface area contributed by atoms with E-state index >= 15 is 0 Å². The van der Waals surface area contributed by atoms with Gasteiger partial charge in [-0.2, -0.15) is 0 Å². The molecule has 2 rings (SSSR count). The second kappa shape index (κ2) is 4.22. The first-order chi connectivity index (χ1) is 7.59. The number of benzene rings is 1. The summed E-state index contributed by atoms with van der Waals surface area (Å²) in [5, 5.41) is 0. The van der Waals surface area contributed by atoms with Crippen LogP contribution in [0.2, 0.25) is 0 Å². The minimum atomic E-state index is -0.254. The van der Waals surface area contributed by atoms with E-state index in [-0.39, 0.29) is 5.82 Å². The third kappa shape index (κ3) is 1.93. The van der Waals surface area contributed by atoms with Crippen molar-refractivity contribution < 1.29 is 4.39 Å². The Bertz CT molecular complexity index is 554. The van der Waals surface area contributed by atoms with Crippen molar-refractivity contribution in [1.82, 2.24) is 9.55 Å². The van der Waals surface area contributed by atoms with Crippen molar-refractivity contribution in [3.8, 4) is 5.69 Å². The van der Waals surface area contributed by atoms with E-state index in [1.165, 1.54) is 12.1 Å². The van der Waals surface area contributed by atoms with Crippen LogP contribution in [0, 0.1) is 10.6 Å². The monoisotopic (exact) mass is 236 g/mol. The van der Waals surface area contributed by atoms with Crippen LogP contribution in [0.3, 0.4) is 0 Å². The molecular weight excluding hydrogens is 223 g/mol. The van der Waals surface area contributed by atoms with E-state index in [0.29, 0.717) is 10.7 Å². The number of halogens is 1. The van der Waals surface area contributed by atoms with Gasteiger partial charge in [0.2, 0.25) is 0 Å². The van der Waals surface area contributed by atoms with Crippen molar-refractivity contribution in [3.63, 3.8) is 0 Å². The van der Waals surface area contributed by atoms with Crippen molar-refractivity contribution in [2.75, 3.05) is 0 Å². The molecule has 2 nitrogen and oxygen atoms in total. The number of rotatable bonds is 2. The maximum atomic E-state index is 13.2. The summed E-state index contributed by atoms with van der Waals surface area (Å²) in [6.07, 6.45) is 1.87. The highest BCUT2D eigenvalue weighted by molar-refractivity contribution is 7.71. The predicted octanol–water partition coefficient (Wildman–Crippen LogP) is 3.80. The van der Waals surface area contributed by atoms with Crippen LogP contribution in [0.4, 0.5) is 4.39 Å². The molecular formula is C12H13FN2S. The Hall–Kier alpha value is -1.42. The molecule has 0 atom stereocenters. The van der Waals surface area contributed by atoms with Gasteiger partial charge in [0.1, 0.15) is 5.82 Å². The fourth-order valence-electron chi connectivity index (χ4n) is 1.69. The van der Waals surface area contributed by atoms with Crippen molar-refractivity contribution in [1.29, 1.82) is 0 Å². The van der Waals surface area contributed by atoms with Crippen LogP contribution in [-0.2, 0) is 0 Å². The molecule has 0 amide bonds. The quantitative estimate of drug-likeness (QED) is 0.787. The second-order valence-corrected chi connectivity index (χ2v) is 4.38. The zero-order valence-corrected chi connectivity index (χ0v) is 10.0. The van der Waals surface area contributed by atoms with Gasteiger partial charge in [-0.15, -0.1) is 0 Å². The number of hydrogen-bond acceptors (Lipinski definition) is 1. The molecule has 0 unspecified atom stereocenters. The Morgan fingerprint density at radius 1 is 1.38 bits per heavy atom. The van der Waals surface area contributed by atoms with Crippen molar-refractivity contribution in [2.24, 2.45) is 0 Å². The standard InChI is InChI=1S/C12H13FN2S/c1-8(2)11-7-14-12(16)15(11)10-5-3-4-9(13)6-10/h3-8H,1-2H3,(H,14,16). The fraction of sp³-hybridized carbons (Fsp3) is 0.250. The van der Waals surface area contributed by atoms with Gasteiger partial charge in [0, 0.05) is 11.9 Å². The highest BCUT2D eigenvalue weighted by Gasteiger charge is 2.09. The number of aromatic nitrogens is 2. The molecule has 1 aromatic carbocycles. The first kappa shape index (κ1) is 11.1. The average Bonchev–Trinajstić information content (AvgIpc) is 2.60. The molecule has 0 fully saturated rings. The molecule has 0 saturated heterocycles. The molecule has 0 saturated carbocycles. The highest BCUT2D eigenvalue weighted by atomic mass is 32.1. The lowest BCUT2D eigenvalue weighted by Crippen LogP contribution is -2.02. The molecule has 0 bridgehead atoms. The fourth-order valence-corrected chi connectivity index (χ4v) is 1.96. The summed E-state index contributed by atoms with van der Waals surface area (Å²) in [7, 11) is 0. The topological polar surface area (TPSA) is 20.7 Å². The summed E-state index contributed by atoms with van der Waals surface area (Å²) < 4.78 is 15.6. The van der Waals surface area contributed by atoms with Gasteiger partial charge in [0.15, 0.2) is 4.77 Å². The maximum Gasteiger partial charge on any atom is 0.182 e. The summed E-state index contributed by atoms with van der Waals surface area (Å²) in [5.41, 5.74) is 1.81. The van der Waals surface area contributed by atoms with Crippen LogP contribution in [0.15, 0.2) is 30.5 Å². The summed E-state index contributed by atoms with van der Waals surface area (Å²) in [6, 6.07) is 6.44. The van der Waals surface area contributed by atoms with Gasteiger partial charge in [-0.25, -0.2) is 4.39 Å². The number of imidazole rings is 1. The molecule has 16 heavy (non-hydrogen) atoms. The van der Waals surface area contributed by atoms with E-state index in [4.69, 9.17) is 12.2 Å². The lowest BCUT2D eigenvalue weighted by molar-refractivity contribution is 0.625. The lowest BCUT2D eigenvalue weighted by atomic mass is 10.1. The van der Waals surface area contributed by atoms with Gasteiger partial charge in [-0.1, -0.05) is 19.9 Å². The van der Waals surface area contributed by atoms with Gasteiger partial charge in [-0.3, -0.25) is 4.57 Å². The predicted molar refractivity (Wildman–Crippen MR) is 65.0 cm³/mol. The third-order valence-corrected chi connectivity index (χ3v) is 2.76. The molecule has 1 N–H and O–H groups in total. The minimum Gasteiger partial charge on any atom is -0.337 e. The van der Waals surface area contributed by atoms with Crippen LogP contribution in [0.5, 0.6) is 0 Å². The Morgan fingerprint density at radius 3 is 2.75 bits per heavy atom. The summed E-state index contributed by atoms with van der Waals surface area (Å²) in [5.74, 6) is 0.0755. The highest BCUT2D eigenvalue weighted by Crippen LogP contribution is 2.20. The van der Waals surface area contributed by atoms with Gasteiger partial charge < -0.3 is 4.98 Å².